The van der Waals surface area contributed by atoms with Crippen LogP contribution in [0.2, 0.25) is 0 Å². The molecule has 2 aliphatic rings. The van der Waals surface area contributed by atoms with Gasteiger partial charge in [0.2, 0.25) is 15.9 Å². The molecule has 1 amide bonds. The fourth-order valence-electron chi connectivity index (χ4n) is 3.73. The molecule has 2 aliphatic heterocycles. The van der Waals surface area contributed by atoms with Crippen LogP contribution in [0, 0.1) is 5.92 Å². The van der Waals surface area contributed by atoms with Gasteiger partial charge in [-0.25, -0.2) is 12.7 Å². The summed E-state index contributed by atoms with van der Waals surface area (Å²) in [6.07, 6.45) is 2.04. The molecule has 2 saturated heterocycles. The van der Waals surface area contributed by atoms with Crippen LogP contribution in [0.15, 0.2) is 0 Å². The summed E-state index contributed by atoms with van der Waals surface area (Å²) in [5.41, 5.74) is -0.436. The number of carbonyl (C=O) groups is 1. The van der Waals surface area contributed by atoms with Gasteiger partial charge in [-0.3, -0.25) is 10.1 Å². The van der Waals surface area contributed by atoms with Crippen LogP contribution in [-0.4, -0.2) is 74.3 Å². The molecule has 0 aromatic carbocycles. The highest BCUT2D eigenvalue weighted by Gasteiger charge is 2.51. The van der Waals surface area contributed by atoms with Crippen LogP contribution in [0.4, 0.5) is 0 Å². The second kappa shape index (κ2) is 7.68. The van der Waals surface area contributed by atoms with Crippen molar-refractivity contribution in [3.8, 4) is 0 Å². The Kier molecular flexibility index (Phi) is 6.28. The van der Waals surface area contributed by atoms with E-state index in [1.165, 1.54) is 0 Å². The summed E-state index contributed by atoms with van der Waals surface area (Å²) in [6, 6.07) is -0.184. The molecule has 0 aromatic rings. The normalized spacial score (nSPS) is 25.1. The summed E-state index contributed by atoms with van der Waals surface area (Å²) in [6.45, 7) is 7.81. The van der Waals surface area contributed by atoms with Gasteiger partial charge in [0.1, 0.15) is 0 Å². The van der Waals surface area contributed by atoms with E-state index in [9.17, 15) is 13.2 Å². The largest absolute Gasteiger partial charge is 0.383 e. The SMILES string of the molecule is CCS(=O)(=O)N1CCC2(CC1)N[C@H](CC(C)C)C(=O)N2CCOC. The lowest BCUT2D eigenvalue weighted by Gasteiger charge is -2.44. The van der Waals surface area contributed by atoms with Gasteiger partial charge in [0.05, 0.1) is 24.1 Å². The monoisotopic (exact) mass is 361 g/mol. The zero-order valence-electron chi connectivity index (χ0n) is 15.2. The Morgan fingerprint density at radius 3 is 2.46 bits per heavy atom. The first-order valence-corrected chi connectivity index (χ1v) is 10.4. The molecule has 24 heavy (non-hydrogen) atoms. The zero-order valence-corrected chi connectivity index (χ0v) is 16.1. The maximum Gasteiger partial charge on any atom is 0.241 e. The van der Waals surface area contributed by atoms with Gasteiger partial charge < -0.3 is 9.64 Å². The lowest BCUT2D eigenvalue weighted by atomic mass is 9.97. The van der Waals surface area contributed by atoms with Crippen molar-refractivity contribution in [1.29, 1.82) is 0 Å². The Balaban J connectivity index is 2.15. The average molecular weight is 362 g/mol. The van der Waals surface area contributed by atoms with E-state index in [-0.39, 0.29) is 17.7 Å². The Hall–Kier alpha value is -0.700. The molecule has 0 aliphatic carbocycles. The highest BCUT2D eigenvalue weighted by Crippen LogP contribution is 2.34. The van der Waals surface area contributed by atoms with Crippen LogP contribution in [0.25, 0.3) is 0 Å². The highest BCUT2D eigenvalue weighted by atomic mass is 32.2. The van der Waals surface area contributed by atoms with E-state index in [1.54, 1.807) is 18.3 Å². The van der Waals surface area contributed by atoms with Crippen molar-refractivity contribution in [2.75, 3.05) is 39.1 Å². The number of nitrogens with zero attached hydrogens (tertiary/aromatic N) is 2. The standard InChI is InChI=1S/C16H31N3O4S/c1-5-24(21,22)18-8-6-16(7-9-18)17-14(12-13(2)3)15(20)19(16)10-11-23-4/h13-14,17H,5-12H2,1-4H3/t14-/m1/s1. The number of hydrogen-bond donors (Lipinski definition) is 1. The fourth-order valence-corrected chi connectivity index (χ4v) is 4.84. The van der Waals surface area contributed by atoms with Crippen LogP contribution >= 0.6 is 0 Å². The van der Waals surface area contributed by atoms with E-state index >= 15 is 0 Å². The van der Waals surface area contributed by atoms with Crippen molar-refractivity contribution in [2.24, 2.45) is 5.92 Å². The van der Waals surface area contributed by atoms with Gasteiger partial charge in [0.15, 0.2) is 0 Å². The number of ether oxygens (including phenoxy) is 1. The van der Waals surface area contributed by atoms with E-state index in [4.69, 9.17) is 4.74 Å². The van der Waals surface area contributed by atoms with Crippen LogP contribution < -0.4 is 5.32 Å². The van der Waals surface area contributed by atoms with E-state index in [0.717, 1.165) is 6.42 Å². The smallest absolute Gasteiger partial charge is 0.241 e. The quantitative estimate of drug-likeness (QED) is 0.719. The van der Waals surface area contributed by atoms with Crippen molar-refractivity contribution < 1.29 is 17.9 Å². The van der Waals surface area contributed by atoms with Crippen molar-refractivity contribution >= 4 is 15.9 Å². The average Bonchev–Trinajstić information content (AvgIpc) is 2.77. The number of nitrogens with one attached hydrogen (secondary N) is 1. The van der Waals surface area contributed by atoms with Crippen LogP contribution in [0.3, 0.4) is 0 Å². The maximum atomic E-state index is 12.8. The van der Waals surface area contributed by atoms with Crippen molar-refractivity contribution in [3.63, 3.8) is 0 Å². The number of hydrogen-bond acceptors (Lipinski definition) is 5. The Bertz CT molecular complexity index is 542. The highest BCUT2D eigenvalue weighted by molar-refractivity contribution is 7.89. The molecule has 2 fully saturated rings. The third kappa shape index (κ3) is 3.92. The third-order valence-electron chi connectivity index (χ3n) is 5.06. The molecule has 8 heteroatoms. The van der Waals surface area contributed by atoms with Gasteiger partial charge in [-0.2, -0.15) is 0 Å². The summed E-state index contributed by atoms with van der Waals surface area (Å²) in [5.74, 6) is 0.661. The summed E-state index contributed by atoms with van der Waals surface area (Å²) in [7, 11) is -1.54. The predicted octanol–water partition coefficient (Wildman–Crippen LogP) is 0.621. The van der Waals surface area contributed by atoms with Gasteiger partial charge in [0, 0.05) is 26.7 Å². The molecule has 0 unspecified atom stereocenters. The van der Waals surface area contributed by atoms with E-state index < -0.39 is 15.7 Å². The number of methoxy groups -OCH3 is 1. The Morgan fingerprint density at radius 2 is 1.96 bits per heavy atom. The van der Waals surface area contributed by atoms with E-state index in [2.05, 4.69) is 19.2 Å². The van der Waals surface area contributed by atoms with Crippen molar-refractivity contribution in [3.05, 3.63) is 0 Å². The molecule has 0 aromatic heterocycles. The summed E-state index contributed by atoms with van der Waals surface area (Å²) in [4.78, 5) is 14.7. The van der Waals surface area contributed by atoms with Gasteiger partial charge in [-0.1, -0.05) is 13.8 Å². The molecular formula is C16H31N3O4S. The second-order valence-electron chi connectivity index (χ2n) is 7.14. The van der Waals surface area contributed by atoms with Gasteiger partial charge in [-0.15, -0.1) is 0 Å². The van der Waals surface area contributed by atoms with Crippen molar-refractivity contribution in [2.45, 2.75) is 51.7 Å². The molecule has 140 valence electrons. The number of piperidine rings is 1. The number of carbonyl (C=O) groups excluding carboxylic acids is 1. The first-order valence-electron chi connectivity index (χ1n) is 8.81. The lowest BCUT2D eigenvalue weighted by molar-refractivity contribution is -0.134. The first kappa shape index (κ1) is 19.6. The van der Waals surface area contributed by atoms with Crippen molar-refractivity contribution in [1.82, 2.24) is 14.5 Å². The minimum Gasteiger partial charge on any atom is -0.383 e. The fraction of sp³-hybridized carbons (Fsp3) is 0.938. The van der Waals surface area contributed by atoms with Gasteiger partial charge >= 0.3 is 0 Å². The Morgan fingerprint density at radius 1 is 1.33 bits per heavy atom. The molecule has 0 saturated carbocycles. The molecule has 1 N–H and O–H groups in total. The van der Waals surface area contributed by atoms with Gasteiger partial charge in [-0.05, 0) is 32.1 Å². The van der Waals surface area contributed by atoms with E-state index in [1.807, 2.05) is 4.90 Å². The molecule has 2 rings (SSSR count). The lowest BCUT2D eigenvalue weighted by Crippen LogP contribution is -2.60. The van der Waals surface area contributed by atoms with E-state index in [0.29, 0.717) is 45.0 Å². The summed E-state index contributed by atoms with van der Waals surface area (Å²) in [5, 5.41) is 3.54. The minimum absolute atomic E-state index is 0.118. The van der Waals surface area contributed by atoms with Crippen LogP contribution in [0.1, 0.15) is 40.0 Å². The summed E-state index contributed by atoms with van der Waals surface area (Å²) < 4.78 is 30.9. The number of sulfonamides is 1. The first-order chi connectivity index (χ1) is 11.3. The second-order valence-corrected chi connectivity index (χ2v) is 9.40. The zero-order chi connectivity index (χ0) is 18.0. The minimum atomic E-state index is -3.17. The molecule has 2 heterocycles. The van der Waals surface area contributed by atoms with Crippen LogP contribution in [0.5, 0.6) is 0 Å². The topological polar surface area (TPSA) is 79.0 Å². The molecule has 1 spiro atoms. The van der Waals surface area contributed by atoms with Crippen LogP contribution in [-0.2, 0) is 19.6 Å². The molecule has 0 bridgehead atoms. The number of rotatable bonds is 7. The number of amides is 1. The molecular weight excluding hydrogens is 330 g/mol. The molecule has 0 radical (unpaired) electrons. The molecule has 1 atom stereocenters. The summed E-state index contributed by atoms with van der Waals surface area (Å²) >= 11 is 0. The van der Waals surface area contributed by atoms with Gasteiger partial charge in [0.25, 0.3) is 0 Å². The Labute approximate surface area is 145 Å². The third-order valence-corrected chi connectivity index (χ3v) is 6.94. The maximum absolute atomic E-state index is 12.8. The predicted molar refractivity (Wildman–Crippen MR) is 93.0 cm³/mol. The molecule has 7 nitrogen and oxygen atoms in total.